The minimum atomic E-state index is -0.0316. The van der Waals surface area contributed by atoms with Gasteiger partial charge in [-0.05, 0) is 19.0 Å². The van der Waals surface area contributed by atoms with Crippen LogP contribution in [0.2, 0.25) is 0 Å². The van der Waals surface area contributed by atoms with Crippen LogP contribution in [0.25, 0.3) is 0 Å². The number of benzene rings is 1. The summed E-state index contributed by atoms with van der Waals surface area (Å²) in [4.78, 5) is 13.4. The molecule has 1 aromatic rings. The van der Waals surface area contributed by atoms with E-state index >= 15 is 0 Å². The number of likely N-dealkylation sites (N-methyl/N-ethyl adjacent to an activating group) is 1. The fourth-order valence-electron chi connectivity index (χ4n) is 1.91. The number of phenolic OH excluding ortho intramolecular Hbond substituents is 1. The van der Waals surface area contributed by atoms with Crippen molar-refractivity contribution in [1.29, 1.82) is 0 Å². The fourth-order valence-corrected chi connectivity index (χ4v) is 1.91. The topological polar surface area (TPSA) is 61.8 Å². The van der Waals surface area contributed by atoms with Crippen LogP contribution in [0, 0.1) is 0 Å². The van der Waals surface area contributed by atoms with Crippen LogP contribution in [0.15, 0.2) is 18.2 Å². The van der Waals surface area contributed by atoms with Crippen LogP contribution in [-0.2, 0) is 11.3 Å². The largest absolute Gasteiger partial charge is 0.504 e. The molecule has 0 atom stereocenters. The Morgan fingerprint density at radius 2 is 2.21 bits per heavy atom. The first-order valence-electron chi connectivity index (χ1n) is 6.40. The second-order valence-electron chi connectivity index (χ2n) is 4.35. The normalized spacial score (nSPS) is 10.5. The third-order valence-electron chi connectivity index (χ3n) is 2.88. The summed E-state index contributed by atoms with van der Waals surface area (Å²) in [5.41, 5.74) is 0.761. The van der Waals surface area contributed by atoms with Crippen LogP contribution >= 0.6 is 0 Å². The van der Waals surface area contributed by atoms with Crippen LogP contribution in [0.1, 0.15) is 18.9 Å². The summed E-state index contributed by atoms with van der Waals surface area (Å²) < 4.78 is 5.08. The number of carbonyl (C=O) groups excluding carboxylic acids is 1. The highest BCUT2D eigenvalue weighted by atomic mass is 16.5. The van der Waals surface area contributed by atoms with Crippen LogP contribution in [0.5, 0.6) is 11.5 Å². The maximum absolute atomic E-state index is 11.5. The summed E-state index contributed by atoms with van der Waals surface area (Å²) >= 11 is 0. The van der Waals surface area contributed by atoms with Crippen molar-refractivity contribution in [2.24, 2.45) is 0 Å². The number of phenols is 1. The van der Waals surface area contributed by atoms with E-state index in [2.05, 4.69) is 12.2 Å². The van der Waals surface area contributed by atoms with Crippen molar-refractivity contribution in [1.82, 2.24) is 10.2 Å². The number of ether oxygens (including phenoxy) is 1. The molecule has 0 fully saturated rings. The molecule has 19 heavy (non-hydrogen) atoms. The highest BCUT2D eigenvalue weighted by Gasteiger charge is 2.13. The molecule has 0 radical (unpaired) electrons. The van der Waals surface area contributed by atoms with Crippen molar-refractivity contribution < 1.29 is 14.6 Å². The molecule has 106 valence electrons. The van der Waals surface area contributed by atoms with E-state index in [1.54, 1.807) is 13.1 Å². The zero-order valence-electron chi connectivity index (χ0n) is 11.8. The van der Waals surface area contributed by atoms with Gasteiger partial charge in [0, 0.05) is 19.2 Å². The van der Waals surface area contributed by atoms with Crippen molar-refractivity contribution in [2.45, 2.75) is 19.9 Å². The second kappa shape index (κ2) is 7.63. The molecule has 0 aromatic heterocycles. The molecule has 0 aliphatic rings. The highest BCUT2D eigenvalue weighted by Crippen LogP contribution is 2.30. The molecule has 0 heterocycles. The smallest absolute Gasteiger partial charge is 0.233 e. The number of amides is 1. The number of nitrogens with one attached hydrogen (secondary N) is 1. The first-order valence-corrected chi connectivity index (χ1v) is 6.40. The second-order valence-corrected chi connectivity index (χ2v) is 4.35. The van der Waals surface area contributed by atoms with Crippen molar-refractivity contribution in [2.75, 3.05) is 27.2 Å². The Morgan fingerprint density at radius 1 is 1.47 bits per heavy atom. The first kappa shape index (κ1) is 15.3. The third-order valence-corrected chi connectivity index (χ3v) is 2.88. The van der Waals surface area contributed by atoms with Gasteiger partial charge in [0.1, 0.15) is 0 Å². The van der Waals surface area contributed by atoms with Crippen molar-refractivity contribution >= 4 is 5.91 Å². The molecule has 1 aromatic carbocycles. The quantitative estimate of drug-likeness (QED) is 0.782. The van der Waals surface area contributed by atoms with E-state index in [-0.39, 0.29) is 11.7 Å². The first-order chi connectivity index (χ1) is 9.12. The number of hydrogen-bond acceptors (Lipinski definition) is 4. The molecule has 0 aliphatic heterocycles. The van der Waals surface area contributed by atoms with Gasteiger partial charge >= 0.3 is 0 Å². The Hall–Kier alpha value is -1.75. The zero-order valence-corrected chi connectivity index (χ0v) is 11.8. The van der Waals surface area contributed by atoms with Gasteiger partial charge in [-0.15, -0.1) is 0 Å². The number of carbonyl (C=O) groups is 1. The van der Waals surface area contributed by atoms with Gasteiger partial charge in [-0.3, -0.25) is 9.69 Å². The molecule has 1 rings (SSSR count). The van der Waals surface area contributed by atoms with Crippen LogP contribution in [0.3, 0.4) is 0 Å². The van der Waals surface area contributed by atoms with E-state index < -0.39 is 0 Å². The molecule has 0 bridgehead atoms. The molecular weight excluding hydrogens is 244 g/mol. The van der Waals surface area contributed by atoms with Gasteiger partial charge in [0.05, 0.1) is 13.7 Å². The Labute approximate surface area is 114 Å². The lowest BCUT2D eigenvalue weighted by Crippen LogP contribution is -2.35. The SMILES string of the molecule is CCCN(CC(=O)NC)Cc1cccc(OC)c1O. The van der Waals surface area contributed by atoms with Gasteiger partial charge in [-0.2, -0.15) is 0 Å². The minimum absolute atomic E-state index is 0.0316. The molecule has 5 heteroatoms. The van der Waals surface area contributed by atoms with E-state index in [1.165, 1.54) is 7.11 Å². The van der Waals surface area contributed by atoms with E-state index in [9.17, 15) is 9.90 Å². The van der Waals surface area contributed by atoms with Gasteiger partial charge in [-0.1, -0.05) is 19.1 Å². The monoisotopic (exact) mass is 266 g/mol. The Balaban J connectivity index is 2.81. The van der Waals surface area contributed by atoms with E-state index in [4.69, 9.17) is 4.74 Å². The van der Waals surface area contributed by atoms with Gasteiger partial charge < -0.3 is 15.2 Å². The van der Waals surface area contributed by atoms with E-state index in [0.29, 0.717) is 18.8 Å². The summed E-state index contributed by atoms with van der Waals surface area (Å²) in [7, 11) is 3.14. The predicted octanol–water partition coefficient (Wildman–Crippen LogP) is 1.36. The van der Waals surface area contributed by atoms with E-state index in [1.807, 2.05) is 17.0 Å². The molecule has 0 unspecified atom stereocenters. The maximum Gasteiger partial charge on any atom is 0.233 e. The Bertz CT molecular complexity index is 421. The summed E-state index contributed by atoms with van der Waals surface area (Å²) in [6.45, 7) is 3.69. The molecular formula is C14H22N2O3. The van der Waals surface area contributed by atoms with Crippen LogP contribution < -0.4 is 10.1 Å². The summed E-state index contributed by atoms with van der Waals surface area (Å²) in [5, 5.41) is 12.7. The molecule has 0 aliphatic carbocycles. The van der Waals surface area contributed by atoms with Gasteiger partial charge in [0.25, 0.3) is 0 Å². The highest BCUT2D eigenvalue weighted by molar-refractivity contribution is 5.77. The van der Waals surface area contributed by atoms with Crippen molar-refractivity contribution in [3.63, 3.8) is 0 Å². The third kappa shape index (κ3) is 4.44. The Kier molecular flexibility index (Phi) is 6.15. The lowest BCUT2D eigenvalue weighted by atomic mass is 10.1. The lowest BCUT2D eigenvalue weighted by molar-refractivity contribution is -0.121. The number of hydrogen-bond donors (Lipinski definition) is 2. The number of rotatable bonds is 7. The average Bonchev–Trinajstić information content (AvgIpc) is 2.41. The van der Waals surface area contributed by atoms with Gasteiger partial charge in [0.2, 0.25) is 5.91 Å². The van der Waals surface area contributed by atoms with Gasteiger partial charge in [0.15, 0.2) is 11.5 Å². The number of methoxy groups -OCH3 is 1. The molecule has 2 N–H and O–H groups in total. The zero-order chi connectivity index (χ0) is 14.3. The van der Waals surface area contributed by atoms with E-state index in [0.717, 1.165) is 18.5 Å². The summed E-state index contributed by atoms with van der Waals surface area (Å²) in [5.74, 6) is 0.563. The number of nitrogens with zero attached hydrogens (tertiary/aromatic N) is 1. The van der Waals surface area contributed by atoms with Crippen molar-refractivity contribution in [3.05, 3.63) is 23.8 Å². The standard InChI is InChI=1S/C14H22N2O3/c1-4-8-16(10-13(17)15-2)9-11-6-5-7-12(19-3)14(11)18/h5-7,18H,4,8-10H2,1-3H3,(H,15,17). The van der Waals surface area contributed by atoms with Crippen LogP contribution in [-0.4, -0.2) is 43.2 Å². The average molecular weight is 266 g/mol. The van der Waals surface area contributed by atoms with Gasteiger partial charge in [-0.25, -0.2) is 0 Å². The lowest BCUT2D eigenvalue weighted by Gasteiger charge is -2.21. The molecule has 1 amide bonds. The van der Waals surface area contributed by atoms with Crippen molar-refractivity contribution in [3.8, 4) is 11.5 Å². The fraction of sp³-hybridized carbons (Fsp3) is 0.500. The Morgan fingerprint density at radius 3 is 2.79 bits per heavy atom. The predicted molar refractivity (Wildman–Crippen MR) is 74.3 cm³/mol. The number of aromatic hydroxyl groups is 1. The summed E-state index contributed by atoms with van der Waals surface area (Å²) in [6, 6.07) is 5.38. The molecule has 0 saturated heterocycles. The summed E-state index contributed by atoms with van der Waals surface area (Å²) in [6.07, 6.45) is 0.946. The molecule has 0 spiro atoms. The van der Waals surface area contributed by atoms with Crippen LogP contribution in [0.4, 0.5) is 0 Å². The number of para-hydroxylation sites is 1. The molecule has 0 saturated carbocycles. The maximum atomic E-state index is 11.5. The minimum Gasteiger partial charge on any atom is -0.504 e. The molecule has 5 nitrogen and oxygen atoms in total.